The highest BCUT2D eigenvalue weighted by Crippen LogP contribution is 2.40. The predicted molar refractivity (Wildman–Crippen MR) is 292 cm³/mol. The minimum absolute atomic E-state index is 0.328. The second-order valence-electron chi connectivity index (χ2n) is 19.1. The van der Waals surface area contributed by atoms with E-state index in [0.717, 1.165) is 69.9 Å². The van der Waals surface area contributed by atoms with E-state index < -0.39 is 0 Å². The van der Waals surface area contributed by atoms with Gasteiger partial charge in [-0.25, -0.2) is 0 Å². The monoisotopic (exact) mass is 937 g/mol. The number of benzene rings is 7. The zero-order valence-corrected chi connectivity index (χ0v) is 41.6. The van der Waals surface area contributed by atoms with Gasteiger partial charge in [0, 0.05) is 50.1 Å². The Hall–Kier alpha value is -6.96. The van der Waals surface area contributed by atoms with Crippen molar-refractivity contribution in [3.63, 3.8) is 0 Å². The van der Waals surface area contributed by atoms with Gasteiger partial charge in [0.15, 0.2) is 0 Å². The minimum atomic E-state index is 0.328. The van der Waals surface area contributed by atoms with Crippen molar-refractivity contribution >= 4 is 33.1 Å². The molecule has 3 aromatic heterocycles. The van der Waals surface area contributed by atoms with E-state index in [-0.39, 0.29) is 0 Å². The lowest BCUT2D eigenvalue weighted by Gasteiger charge is -2.26. The molecule has 0 saturated heterocycles. The number of nitrogens with zero attached hydrogens (tertiary/aromatic N) is 5. The van der Waals surface area contributed by atoms with Gasteiger partial charge >= 0.3 is 0 Å². The largest absolute Gasteiger partial charge is 0.416 e. The molecule has 0 aliphatic heterocycles. The number of rotatable bonds is 21. The fourth-order valence-electron chi connectivity index (χ4n) is 10.4. The molecule has 0 aliphatic rings. The summed E-state index contributed by atoms with van der Waals surface area (Å²) in [4.78, 5) is 0. The highest BCUT2D eigenvalue weighted by molar-refractivity contribution is 7.17. The van der Waals surface area contributed by atoms with Crippen molar-refractivity contribution in [3.05, 3.63) is 193 Å². The van der Waals surface area contributed by atoms with Crippen molar-refractivity contribution in [1.29, 1.82) is 0 Å². The molecule has 70 heavy (non-hydrogen) atoms. The minimum Gasteiger partial charge on any atom is -0.416 e. The number of unbranched alkanes of at least 4 members (excludes halogenated alkanes) is 5. The summed E-state index contributed by atoms with van der Waals surface area (Å²) >= 11 is 1.65. The first-order valence-corrected chi connectivity index (χ1v) is 26.4. The molecule has 3 unspecified atom stereocenters. The molecule has 6 nitrogen and oxygen atoms in total. The zero-order chi connectivity index (χ0) is 47.7. The molecular weight excluding hydrogens is 875 g/mol. The van der Waals surface area contributed by atoms with Crippen LogP contribution in [0.5, 0.6) is 0 Å². The Morgan fingerprint density at radius 3 is 1.54 bits per heavy atom. The highest BCUT2D eigenvalue weighted by Gasteiger charge is 2.23. The van der Waals surface area contributed by atoms with E-state index in [1.807, 2.05) is 6.07 Å². The van der Waals surface area contributed by atoms with Crippen LogP contribution in [0, 0.1) is 0 Å². The summed E-state index contributed by atoms with van der Waals surface area (Å²) < 4.78 is 8.76. The van der Waals surface area contributed by atoms with Crippen LogP contribution in [0.25, 0.3) is 77.0 Å². The second-order valence-corrected chi connectivity index (χ2v) is 20.1. The standard InChI is InChI=1S/C63H63N5OS/c1-4-6-7-8-9-11-18-45-26-29-51(30-27-45)60-64-65-61(69-60)52-39-35-49(36-40-52)48-33-31-47(32-34-48)46(5-2)43-55(28-25-44(3)68-58-23-16-14-21-56(58)57-22-15-17-24-59(57)68)50-37-41-54(42-38-50)63-67-66-62(70-63)53-19-12-10-13-20-53/h10,12-17,19-24,26-27,29-42,44,46,55H,4-9,11,18,25,28,43H2,1-3H3. The molecule has 0 amide bonds. The molecule has 352 valence electrons. The normalized spacial score (nSPS) is 13.0. The molecule has 0 radical (unpaired) electrons. The van der Waals surface area contributed by atoms with Gasteiger partial charge in [-0.1, -0.05) is 197 Å². The highest BCUT2D eigenvalue weighted by atomic mass is 32.1. The third-order valence-electron chi connectivity index (χ3n) is 14.4. The smallest absolute Gasteiger partial charge is 0.248 e. The SMILES string of the molecule is CCCCCCCCc1ccc(-c2nnc(-c3ccc(-c4ccc(C(CC)CC(CCC(C)n5c6ccccc6c6ccccc65)c5ccc(-c6nnc(-c7ccccc7)s6)cc5)cc4)cc3)o2)cc1. The third-order valence-corrected chi connectivity index (χ3v) is 15.4. The molecule has 0 bridgehead atoms. The van der Waals surface area contributed by atoms with Crippen molar-refractivity contribution in [2.75, 3.05) is 0 Å². The third kappa shape index (κ3) is 10.6. The fourth-order valence-corrected chi connectivity index (χ4v) is 11.2. The van der Waals surface area contributed by atoms with Gasteiger partial charge in [0.2, 0.25) is 11.8 Å². The lowest BCUT2D eigenvalue weighted by atomic mass is 9.80. The van der Waals surface area contributed by atoms with E-state index >= 15 is 0 Å². The predicted octanol–water partition coefficient (Wildman–Crippen LogP) is 18.0. The summed E-state index contributed by atoms with van der Waals surface area (Å²) in [7, 11) is 0. The van der Waals surface area contributed by atoms with Crippen molar-refractivity contribution in [3.8, 4) is 55.2 Å². The molecule has 10 aromatic rings. The number of hydrogen-bond donors (Lipinski definition) is 0. The van der Waals surface area contributed by atoms with Crippen molar-refractivity contribution in [2.45, 2.75) is 109 Å². The van der Waals surface area contributed by atoms with Gasteiger partial charge in [0.1, 0.15) is 10.0 Å². The Kier molecular flexibility index (Phi) is 14.8. The molecule has 0 aliphatic carbocycles. The van der Waals surface area contributed by atoms with Crippen LogP contribution in [0.2, 0.25) is 0 Å². The van der Waals surface area contributed by atoms with Gasteiger partial charge in [0.25, 0.3) is 0 Å². The zero-order valence-electron chi connectivity index (χ0n) is 40.8. The van der Waals surface area contributed by atoms with E-state index in [9.17, 15) is 0 Å². The lowest BCUT2D eigenvalue weighted by molar-refractivity contribution is 0.433. The molecule has 0 fully saturated rings. The van der Waals surface area contributed by atoms with Crippen molar-refractivity contribution in [2.24, 2.45) is 0 Å². The van der Waals surface area contributed by atoms with Crippen LogP contribution in [0.1, 0.15) is 120 Å². The van der Waals surface area contributed by atoms with E-state index in [0.29, 0.717) is 29.7 Å². The maximum atomic E-state index is 6.19. The van der Waals surface area contributed by atoms with Gasteiger partial charge in [-0.05, 0) is 121 Å². The van der Waals surface area contributed by atoms with E-state index in [1.165, 1.54) is 82.6 Å². The molecule has 0 saturated carbocycles. The maximum Gasteiger partial charge on any atom is 0.248 e. The van der Waals surface area contributed by atoms with Gasteiger partial charge in [-0.2, -0.15) is 0 Å². The quantitative estimate of drug-likeness (QED) is 0.0671. The Labute approximate surface area is 417 Å². The van der Waals surface area contributed by atoms with Crippen LogP contribution in [-0.2, 0) is 6.42 Å². The molecule has 3 heterocycles. The number of aromatic nitrogens is 5. The van der Waals surface area contributed by atoms with Crippen LogP contribution >= 0.6 is 11.3 Å². The van der Waals surface area contributed by atoms with E-state index in [4.69, 9.17) is 4.42 Å². The van der Waals surface area contributed by atoms with Crippen LogP contribution in [0.4, 0.5) is 0 Å². The average molecular weight is 938 g/mol. The van der Waals surface area contributed by atoms with Crippen molar-refractivity contribution in [1.82, 2.24) is 25.0 Å². The number of aryl methyl sites for hydroxylation is 1. The van der Waals surface area contributed by atoms with Crippen LogP contribution < -0.4 is 0 Å². The Morgan fingerprint density at radius 1 is 0.457 bits per heavy atom. The Morgan fingerprint density at radius 2 is 0.943 bits per heavy atom. The molecule has 0 spiro atoms. The van der Waals surface area contributed by atoms with Crippen LogP contribution in [0.15, 0.2) is 180 Å². The van der Waals surface area contributed by atoms with E-state index in [1.54, 1.807) is 11.3 Å². The number of fused-ring (bicyclic) bond motifs is 3. The Bertz CT molecular complexity index is 3170. The second kappa shape index (κ2) is 22.2. The maximum absolute atomic E-state index is 6.19. The summed E-state index contributed by atoms with van der Waals surface area (Å²) in [6.07, 6.45) is 13.2. The number of para-hydroxylation sites is 2. The van der Waals surface area contributed by atoms with Crippen molar-refractivity contribution < 1.29 is 4.42 Å². The molecule has 7 heteroatoms. The van der Waals surface area contributed by atoms with Gasteiger partial charge in [0.05, 0.1) is 0 Å². The van der Waals surface area contributed by atoms with Crippen LogP contribution in [-0.4, -0.2) is 25.0 Å². The number of hydrogen-bond acceptors (Lipinski definition) is 6. The lowest BCUT2D eigenvalue weighted by Crippen LogP contribution is -2.11. The summed E-state index contributed by atoms with van der Waals surface area (Å²) in [6.45, 7) is 7.01. The molecule has 3 atom stereocenters. The van der Waals surface area contributed by atoms with Crippen LogP contribution in [0.3, 0.4) is 0 Å². The molecule has 10 rings (SSSR count). The fraction of sp³-hybridized carbons (Fsp3) is 0.270. The summed E-state index contributed by atoms with van der Waals surface area (Å²) in [5, 5.41) is 22.5. The molecule has 0 N–H and O–H groups in total. The van der Waals surface area contributed by atoms with Gasteiger partial charge in [-0.15, -0.1) is 20.4 Å². The first-order valence-electron chi connectivity index (χ1n) is 25.6. The van der Waals surface area contributed by atoms with Gasteiger partial charge < -0.3 is 8.98 Å². The molecular formula is C63H63N5OS. The summed E-state index contributed by atoms with van der Waals surface area (Å²) in [6, 6.07) is 64.0. The first kappa shape index (κ1) is 46.8. The first-order chi connectivity index (χ1) is 34.5. The molecule has 7 aromatic carbocycles. The Balaban J connectivity index is 0.834. The summed E-state index contributed by atoms with van der Waals surface area (Å²) in [5.74, 6) is 1.86. The topological polar surface area (TPSA) is 69.6 Å². The average Bonchev–Trinajstić information content (AvgIpc) is 4.20. The summed E-state index contributed by atoms with van der Waals surface area (Å²) in [5.41, 5.74) is 13.2. The van der Waals surface area contributed by atoms with Gasteiger partial charge in [-0.3, -0.25) is 0 Å². The van der Waals surface area contributed by atoms with E-state index in [2.05, 4.69) is 216 Å².